The molecule has 2 atom stereocenters. The van der Waals surface area contributed by atoms with E-state index >= 15 is 0 Å². The first kappa shape index (κ1) is 21.1. The third kappa shape index (κ3) is 4.30. The van der Waals surface area contributed by atoms with Crippen LogP contribution in [0.2, 0.25) is 0 Å². The van der Waals surface area contributed by atoms with E-state index in [1.165, 1.54) is 48.8 Å². The summed E-state index contributed by atoms with van der Waals surface area (Å²) < 4.78 is 16.3. The number of hydrogen-bond donors (Lipinski definition) is 1. The van der Waals surface area contributed by atoms with Crippen LogP contribution in [0.3, 0.4) is 0 Å². The van der Waals surface area contributed by atoms with Gasteiger partial charge in [0, 0.05) is 24.4 Å². The number of fused-ring (bicyclic) bond motifs is 2. The maximum absolute atomic E-state index is 14.8. The lowest BCUT2D eigenvalue weighted by molar-refractivity contribution is 0.0141. The molecule has 2 aliphatic carbocycles. The Labute approximate surface area is 178 Å². The average molecular weight is 412 g/mol. The van der Waals surface area contributed by atoms with Crippen molar-refractivity contribution in [2.75, 3.05) is 11.9 Å². The van der Waals surface area contributed by atoms with Crippen LogP contribution in [0.25, 0.3) is 5.69 Å². The SMILES string of the molecule is Cc1cc(=O)n(-c2ccc(NCCC34CC(C)CC(CC(C)C3)C4)c(F)c2)c(C)n1. The van der Waals surface area contributed by atoms with Gasteiger partial charge in [-0.3, -0.25) is 9.36 Å². The summed E-state index contributed by atoms with van der Waals surface area (Å²) in [5, 5.41) is 3.33. The Morgan fingerprint density at radius 1 is 1.13 bits per heavy atom. The Bertz CT molecular complexity index is 963. The Hall–Kier alpha value is -2.17. The fourth-order valence-electron chi connectivity index (χ4n) is 6.52. The van der Waals surface area contributed by atoms with Gasteiger partial charge in [0.15, 0.2) is 0 Å². The zero-order valence-electron chi connectivity index (χ0n) is 18.7. The summed E-state index contributed by atoms with van der Waals surface area (Å²) in [6.45, 7) is 9.13. The van der Waals surface area contributed by atoms with E-state index in [-0.39, 0.29) is 11.4 Å². The molecule has 2 fully saturated rings. The highest BCUT2D eigenvalue weighted by Gasteiger charge is 2.43. The van der Waals surface area contributed by atoms with Gasteiger partial charge in [0.2, 0.25) is 0 Å². The van der Waals surface area contributed by atoms with E-state index in [0.717, 1.165) is 30.7 Å². The standard InChI is InChI=1S/C25H34FN3O/c1-16-9-20-10-17(2)14-25(13-16,15-20)7-8-27-23-6-5-21(12-22(23)26)29-19(4)28-18(3)11-24(29)30/h5-6,11-12,16-17,20,27H,7-10,13-15H2,1-4H3. The fourth-order valence-corrected chi connectivity index (χ4v) is 6.52. The van der Waals surface area contributed by atoms with Crippen molar-refractivity contribution in [3.05, 3.63) is 52.0 Å². The molecule has 0 spiro atoms. The molecule has 2 aromatic rings. The minimum absolute atomic E-state index is 0.188. The van der Waals surface area contributed by atoms with E-state index in [0.29, 0.717) is 28.3 Å². The van der Waals surface area contributed by atoms with Crippen LogP contribution < -0.4 is 10.9 Å². The van der Waals surface area contributed by atoms with E-state index in [2.05, 4.69) is 24.1 Å². The van der Waals surface area contributed by atoms with Gasteiger partial charge in [0.25, 0.3) is 5.56 Å². The van der Waals surface area contributed by atoms with Crippen molar-refractivity contribution < 1.29 is 4.39 Å². The monoisotopic (exact) mass is 411 g/mol. The molecule has 5 heteroatoms. The zero-order chi connectivity index (χ0) is 21.5. The van der Waals surface area contributed by atoms with Crippen molar-refractivity contribution in [3.8, 4) is 5.69 Å². The second kappa shape index (κ2) is 8.16. The van der Waals surface area contributed by atoms with Crippen molar-refractivity contribution in [2.24, 2.45) is 23.2 Å². The van der Waals surface area contributed by atoms with Gasteiger partial charge < -0.3 is 5.32 Å². The van der Waals surface area contributed by atoms with Gasteiger partial charge in [-0.25, -0.2) is 9.37 Å². The Morgan fingerprint density at radius 2 is 1.83 bits per heavy atom. The van der Waals surface area contributed by atoms with Crippen LogP contribution >= 0.6 is 0 Å². The summed E-state index contributed by atoms with van der Waals surface area (Å²) in [6, 6.07) is 6.42. The third-order valence-corrected chi connectivity index (χ3v) is 7.15. The highest BCUT2D eigenvalue weighted by atomic mass is 19.1. The van der Waals surface area contributed by atoms with E-state index in [1.54, 1.807) is 26.0 Å². The highest BCUT2D eigenvalue weighted by molar-refractivity contribution is 5.50. The van der Waals surface area contributed by atoms with Crippen LogP contribution in [0.5, 0.6) is 0 Å². The van der Waals surface area contributed by atoms with Gasteiger partial charge in [0.05, 0.1) is 11.4 Å². The van der Waals surface area contributed by atoms with Crippen molar-refractivity contribution in [2.45, 2.75) is 66.2 Å². The minimum Gasteiger partial charge on any atom is -0.383 e. The van der Waals surface area contributed by atoms with Gasteiger partial charge >= 0.3 is 0 Å². The number of rotatable bonds is 5. The molecular formula is C25H34FN3O. The van der Waals surface area contributed by atoms with E-state index in [1.807, 2.05) is 0 Å². The molecule has 30 heavy (non-hydrogen) atoms. The predicted octanol–water partition coefficient (Wildman–Crippen LogP) is 5.64. The van der Waals surface area contributed by atoms with Crippen molar-refractivity contribution in [1.29, 1.82) is 0 Å². The molecule has 2 saturated carbocycles. The fraction of sp³-hybridized carbons (Fsp3) is 0.600. The van der Waals surface area contributed by atoms with Crippen molar-refractivity contribution in [1.82, 2.24) is 9.55 Å². The summed E-state index contributed by atoms with van der Waals surface area (Å²) in [7, 11) is 0. The molecule has 1 aromatic heterocycles. The molecule has 2 aliphatic rings. The number of nitrogens with zero attached hydrogens (tertiary/aromatic N) is 2. The topological polar surface area (TPSA) is 46.9 Å². The minimum atomic E-state index is -0.330. The third-order valence-electron chi connectivity index (χ3n) is 7.15. The molecule has 0 aliphatic heterocycles. The molecule has 2 unspecified atom stereocenters. The molecule has 1 N–H and O–H groups in total. The maximum Gasteiger partial charge on any atom is 0.258 e. The van der Waals surface area contributed by atoms with Crippen LogP contribution in [0.15, 0.2) is 29.1 Å². The van der Waals surface area contributed by atoms with Crippen LogP contribution in [-0.4, -0.2) is 16.1 Å². The molecule has 0 radical (unpaired) electrons. The Kier molecular flexibility index (Phi) is 5.73. The molecule has 1 heterocycles. The van der Waals surface area contributed by atoms with Gasteiger partial charge in [0.1, 0.15) is 11.6 Å². The van der Waals surface area contributed by atoms with Crippen molar-refractivity contribution in [3.63, 3.8) is 0 Å². The Morgan fingerprint density at radius 3 is 2.47 bits per heavy atom. The maximum atomic E-state index is 14.8. The summed E-state index contributed by atoms with van der Waals surface area (Å²) in [4.78, 5) is 16.7. The van der Waals surface area contributed by atoms with Crippen molar-refractivity contribution >= 4 is 5.69 Å². The molecule has 1 aromatic carbocycles. The molecule has 4 rings (SSSR count). The lowest BCUT2D eigenvalue weighted by Crippen LogP contribution is -2.40. The summed E-state index contributed by atoms with van der Waals surface area (Å²) >= 11 is 0. The van der Waals surface area contributed by atoms with E-state index < -0.39 is 0 Å². The quantitative estimate of drug-likeness (QED) is 0.692. The molecule has 162 valence electrons. The van der Waals surface area contributed by atoms with Crippen LogP contribution in [0.4, 0.5) is 10.1 Å². The second-order valence-electron chi connectivity index (χ2n) is 10.1. The van der Waals surface area contributed by atoms with E-state index in [4.69, 9.17) is 0 Å². The number of benzene rings is 1. The normalized spacial score (nSPS) is 28.4. The predicted molar refractivity (Wildman–Crippen MR) is 120 cm³/mol. The molecule has 4 nitrogen and oxygen atoms in total. The zero-order valence-corrected chi connectivity index (χ0v) is 18.7. The first-order valence-corrected chi connectivity index (χ1v) is 11.4. The number of aromatic nitrogens is 2. The number of halogens is 1. The van der Waals surface area contributed by atoms with Gasteiger partial charge in [-0.2, -0.15) is 0 Å². The first-order valence-electron chi connectivity index (χ1n) is 11.4. The molecular weight excluding hydrogens is 377 g/mol. The number of aryl methyl sites for hydroxylation is 2. The summed E-state index contributed by atoms with van der Waals surface area (Å²) in [5.41, 5.74) is 1.91. The van der Waals surface area contributed by atoms with Gasteiger partial charge in [-0.15, -0.1) is 0 Å². The number of nitrogens with one attached hydrogen (secondary N) is 1. The van der Waals surface area contributed by atoms with Gasteiger partial charge in [-0.1, -0.05) is 13.8 Å². The molecule has 0 amide bonds. The number of anilines is 1. The summed E-state index contributed by atoms with van der Waals surface area (Å²) in [5.74, 6) is 2.71. The lowest BCUT2D eigenvalue weighted by Gasteiger charge is -2.50. The van der Waals surface area contributed by atoms with Crippen LogP contribution in [0, 0.1) is 42.8 Å². The largest absolute Gasteiger partial charge is 0.383 e. The van der Waals surface area contributed by atoms with Gasteiger partial charge in [-0.05, 0) is 87.7 Å². The van der Waals surface area contributed by atoms with Crippen LogP contribution in [0.1, 0.15) is 63.9 Å². The molecule has 2 bridgehead atoms. The lowest BCUT2D eigenvalue weighted by atomic mass is 9.56. The molecule has 0 saturated heterocycles. The summed E-state index contributed by atoms with van der Waals surface area (Å²) in [6.07, 6.45) is 7.80. The average Bonchev–Trinajstić information content (AvgIpc) is 2.61. The second-order valence-corrected chi connectivity index (χ2v) is 10.1. The first-order chi connectivity index (χ1) is 14.2. The Balaban J connectivity index is 1.46. The van der Waals surface area contributed by atoms with E-state index in [9.17, 15) is 9.18 Å². The number of hydrogen-bond acceptors (Lipinski definition) is 3. The van der Waals surface area contributed by atoms with Crippen LogP contribution in [-0.2, 0) is 0 Å². The smallest absolute Gasteiger partial charge is 0.258 e. The highest BCUT2D eigenvalue weighted by Crippen LogP contribution is 2.54.